The molecule has 0 radical (unpaired) electrons. The molecule has 0 atom stereocenters. The minimum absolute atomic E-state index is 0.182. The van der Waals surface area contributed by atoms with Gasteiger partial charge in [-0.15, -0.1) is 0 Å². The first-order valence-corrected chi connectivity index (χ1v) is 5.42. The number of rotatable bonds is 1. The third-order valence-corrected chi connectivity index (χ3v) is 2.44. The Morgan fingerprint density at radius 1 is 1.21 bits per heavy atom. The average Bonchev–Trinajstić information content (AvgIpc) is 1.99. The highest BCUT2D eigenvalue weighted by atomic mass is 79.9. The number of aryl methyl sites for hydroxylation is 1. The zero-order valence-corrected chi connectivity index (χ0v) is 10.6. The van der Waals surface area contributed by atoms with Crippen LogP contribution in [0.2, 0.25) is 0 Å². The van der Waals surface area contributed by atoms with E-state index >= 15 is 0 Å². The van der Waals surface area contributed by atoms with Gasteiger partial charge in [-0.1, -0.05) is 36.7 Å². The van der Waals surface area contributed by atoms with Gasteiger partial charge in [0, 0.05) is 15.5 Å². The summed E-state index contributed by atoms with van der Waals surface area (Å²) in [5.74, 6) is 0.182. The van der Waals surface area contributed by atoms with Crippen LogP contribution in [0, 0.1) is 12.3 Å². The van der Waals surface area contributed by atoms with Crippen molar-refractivity contribution < 1.29 is 4.79 Å². The van der Waals surface area contributed by atoms with E-state index in [1.807, 2.05) is 45.9 Å². The molecule has 0 aromatic heterocycles. The number of hydrogen-bond acceptors (Lipinski definition) is 1. The van der Waals surface area contributed by atoms with Crippen molar-refractivity contribution in [3.8, 4) is 0 Å². The number of carbonyl (C=O) groups is 1. The Morgan fingerprint density at radius 2 is 1.79 bits per heavy atom. The lowest BCUT2D eigenvalue weighted by Gasteiger charge is -2.17. The topological polar surface area (TPSA) is 17.1 Å². The van der Waals surface area contributed by atoms with E-state index < -0.39 is 0 Å². The maximum Gasteiger partial charge on any atom is 0.168 e. The normalized spacial score (nSPS) is 11.5. The minimum atomic E-state index is -0.312. The average molecular weight is 255 g/mol. The molecule has 0 saturated heterocycles. The molecule has 1 rings (SSSR count). The molecule has 1 aromatic carbocycles. The lowest BCUT2D eigenvalue weighted by atomic mass is 9.86. The first kappa shape index (κ1) is 11.4. The fraction of sp³-hybridized carbons (Fsp3) is 0.417. The Morgan fingerprint density at radius 3 is 2.21 bits per heavy atom. The van der Waals surface area contributed by atoms with Gasteiger partial charge >= 0.3 is 0 Å². The summed E-state index contributed by atoms with van der Waals surface area (Å²) in [5.41, 5.74) is 1.57. The molecule has 2 heteroatoms. The summed E-state index contributed by atoms with van der Waals surface area (Å²) in [6, 6.07) is 5.80. The fourth-order valence-corrected chi connectivity index (χ4v) is 1.91. The Balaban J connectivity index is 3.14. The van der Waals surface area contributed by atoms with Crippen LogP contribution in [0.15, 0.2) is 22.7 Å². The largest absolute Gasteiger partial charge is 0.294 e. The molecule has 76 valence electrons. The molecule has 0 aliphatic carbocycles. The highest BCUT2D eigenvalue weighted by Crippen LogP contribution is 2.23. The zero-order valence-electron chi connectivity index (χ0n) is 9.02. The van der Waals surface area contributed by atoms with Crippen molar-refractivity contribution >= 4 is 21.7 Å². The number of ketones is 1. The van der Waals surface area contributed by atoms with Crippen molar-refractivity contribution in [1.29, 1.82) is 0 Å². The predicted octanol–water partition coefficient (Wildman–Crippen LogP) is 3.99. The summed E-state index contributed by atoms with van der Waals surface area (Å²) < 4.78 is 0.963. The maximum absolute atomic E-state index is 11.9. The van der Waals surface area contributed by atoms with Gasteiger partial charge in [-0.25, -0.2) is 0 Å². The minimum Gasteiger partial charge on any atom is -0.294 e. The standard InChI is InChI=1S/C12H15BrO/c1-8-5-9(7-10(13)6-8)11(14)12(2,3)4/h5-7H,1-4H3. The summed E-state index contributed by atoms with van der Waals surface area (Å²) >= 11 is 3.40. The maximum atomic E-state index is 11.9. The van der Waals surface area contributed by atoms with Crippen LogP contribution in [-0.2, 0) is 0 Å². The first-order valence-electron chi connectivity index (χ1n) is 4.63. The lowest BCUT2D eigenvalue weighted by molar-refractivity contribution is 0.0858. The van der Waals surface area contributed by atoms with Gasteiger partial charge in [0.2, 0.25) is 0 Å². The van der Waals surface area contributed by atoms with Gasteiger partial charge in [0.1, 0.15) is 0 Å². The molecule has 0 amide bonds. The Bertz CT molecular complexity index is 341. The molecule has 0 unspecified atom stereocenters. The highest BCUT2D eigenvalue weighted by molar-refractivity contribution is 9.10. The van der Waals surface area contributed by atoms with E-state index in [0.717, 1.165) is 15.6 Å². The van der Waals surface area contributed by atoms with Crippen molar-refractivity contribution in [2.75, 3.05) is 0 Å². The van der Waals surface area contributed by atoms with Gasteiger partial charge < -0.3 is 0 Å². The van der Waals surface area contributed by atoms with Crippen LogP contribution in [0.3, 0.4) is 0 Å². The van der Waals surface area contributed by atoms with Crippen LogP contribution in [0.5, 0.6) is 0 Å². The monoisotopic (exact) mass is 254 g/mol. The first-order chi connectivity index (χ1) is 6.30. The fourth-order valence-electron chi connectivity index (χ4n) is 1.30. The molecule has 0 bridgehead atoms. The van der Waals surface area contributed by atoms with E-state index in [-0.39, 0.29) is 11.2 Å². The van der Waals surface area contributed by atoms with Crippen molar-refractivity contribution in [3.63, 3.8) is 0 Å². The molecule has 0 spiro atoms. The van der Waals surface area contributed by atoms with Crippen LogP contribution >= 0.6 is 15.9 Å². The molecule has 0 aliphatic heterocycles. The Hall–Kier alpha value is -0.630. The molecule has 0 fully saturated rings. The summed E-state index contributed by atoms with van der Waals surface area (Å²) in [7, 11) is 0. The van der Waals surface area contributed by atoms with Crippen molar-refractivity contribution in [3.05, 3.63) is 33.8 Å². The van der Waals surface area contributed by atoms with E-state index in [1.165, 1.54) is 0 Å². The highest BCUT2D eigenvalue weighted by Gasteiger charge is 2.22. The molecular weight excluding hydrogens is 240 g/mol. The molecular formula is C12H15BrO. The van der Waals surface area contributed by atoms with Crippen molar-refractivity contribution in [1.82, 2.24) is 0 Å². The van der Waals surface area contributed by atoms with Crippen LogP contribution in [0.25, 0.3) is 0 Å². The molecule has 1 nitrogen and oxygen atoms in total. The smallest absolute Gasteiger partial charge is 0.168 e. The van der Waals surface area contributed by atoms with Gasteiger partial charge in [-0.05, 0) is 30.7 Å². The van der Waals surface area contributed by atoms with E-state index in [1.54, 1.807) is 0 Å². The van der Waals surface area contributed by atoms with Crippen LogP contribution < -0.4 is 0 Å². The second-order valence-corrected chi connectivity index (χ2v) is 5.51. The quantitative estimate of drug-likeness (QED) is 0.693. The van der Waals surface area contributed by atoms with E-state index in [0.29, 0.717) is 0 Å². The van der Waals surface area contributed by atoms with E-state index in [4.69, 9.17) is 0 Å². The molecule has 14 heavy (non-hydrogen) atoms. The summed E-state index contributed by atoms with van der Waals surface area (Å²) in [6.45, 7) is 7.80. The molecule has 0 N–H and O–H groups in total. The SMILES string of the molecule is Cc1cc(Br)cc(C(=O)C(C)(C)C)c1. The summed E-state index contributed by atoms with van der Waals surface area (Å²) in [4.78, 5) is 11.9. The third kappa shape index (κ3) is 2.68. The molecule has 1 aromatic rings. The van der Waals surface area contributed by atoms with Crippen LogP contribution in [-0.4, -0.2) is 5.78 Å². The second-order valence-electron chi connectivity index (χ2n) is 4.60. The third-order valence-electron chi connectivity index (χ3n) is 1.99. The number of halogens is 1. The molecule has 0 aliphatic rings. The predicted molar refractivity (Wildman–Crippen MR) is 62.7 cm³/mol. The molecule has 0 saturated carbocycles. The van der Waals surface area contributed by atoms with E-state index in [2.05, 4.69) is 15.9 Å². The number of Topliss-reactive ketones (excluding diaryl/α,β-unsaturated/α-hetero) is 1. The second kappa shape index (κ2) is 3.85. The van der Waals surface area contributed by atoms with Gasteiger partial charge in [-0.3, -0.25) is 4.79 Å². The van der Waals surface area contributed by atoms with Crippen LogP contribution in [0.4, 0.5) is 0 Å². The van der Waals surface area contributed by atoms with Gasteiger partial charge in [0.15, 0.2) is 5.78 Å². The number of carbonyl (C=O) groups excluding carboxylic acids is 1. The Kier molecular flexibility index (Phi) is 3.15. The number of benzene rings is 1. The zero-order chi connectivity index (χ0) is 10.9. The lowest BCUT2D eigenvalue weighted by Crippen LogP contribution is -2.20. The van der Waals surface area contributed by atoms with Gasteiger partial charge in [0.05, 0.1) is 0 Å². The van der Waals surface area contributed by atoms with Crippen LogP contribution in [0.1, 0.15) is 36.7 Å². The summed E-state index contributed by atoms with van der Waals surface area (Å²) in [6.07, 6.45) is 0. The molecule has 0 heterocycles. The van der Waals surface area contributed by atoms with Crippen molar-refractivity contribution in [2.45, 2.75) is 27.7 Å². The van der Waals surface area contributed by atoms with Gasteiger partial charge in [0.25, 0.3) is 0 Å². The number of hydrogen-bond donors (Lipinski definition) is 0. The van der Waals surface area contributed by atoms with Gasteiger partial charge in [-0.2, -0.15) is 0 Å². The Labute approximate surface area is 93.7 Å². The van der Waals surface area contributed by atoms with Crippen molar-refractivity contribution in [2.24, 2.45) is 5.41 Å². The summed E-state index contributed by atoms with van der Waals surface area (Å²) in [5, 5.41) is 0. The van der Waals surface area contributed by atoms with E-state index in [9.17, 15) is 4.79 Å².